The number of benzene rings is 1. The number of ketones is 1. The molecule has 0 atom stereocenters. The van der Waals surface area contributed by atoms with Crippen LogP contribution in [0.25, 0.3) is 0 Å². The van der Waals surface area contributed by atoms with Crippen molar-refractivity contribution in [2.45, 2.75) is 32.0 Å². The second-order valence-corrected chi connectivity index (χ2v) is 4.71. The van der Waals surface area contributed by atoms with Gasteiger partial charge < -0.3 is 9.47 Å². The van der Waals surface area contributed by atoms with E-state index in [1.807, 2.05) is 5.92 Å². The number of halogens is 6. The Balaban J connectivity index is 2.79. The van der Waals surface area contributed by atoms with Crippen molar-refractivity contribution in [2.75, 3.05) is 0 Å². The number of hydrogen-bond acceptors (Lipinski definition) is 3. The van der Waals surface area contributed by atoms with Crippen LogP contribution in [0.5, 0.6) is 11.5 Å². The second-order valence-electron chi connectivity index (χ2n) is 4.71. The van der Waals surface area contributed by atoms with Gasteiger partial charge in [0.15, 0.2) is 5.60 Å². The first kappa shape index (κ1) is 18.7. The first-order valence-corrected chi connectivity index (χ1v) is 5.98. The molecule has 1 aromatic carbocycles. The minimum absolute atomic E-state index is 0.0401. The minimum Gasteiger partial charge on any atom is -0.475 e. The molecule has 0 aliphatic rings. The minimum atomic E-state index is -5.07. The van der Waals surface area contributed by atoms with Gasteiger partial charge >= 0.3 is 18.3 Å². The van der Waals surface area contributed by atoms with Crippen molar-refractivity contribution in [1.82, 2.24) is 0 Å². The van der Waals surface area contributed by atoms with Crippen molar-refractivity contribution in [3.63, 3.8) is 0 Å². The first-order valence-electron chi connectivity index (χ1n) is 5.98. The average Bonchev–Trinajstić information content (AvgIpc) is 2.35. The third-order valence-electron chi connectivity index (χ3n) is 2.16. The predicted octanol–water partition coefficient (Wildman–Crippen LogP) is 3.88. The molecule has 0 heterocycles. The van der Waals surface area contributed by atoms with Crippen LogP contribution in [0.15, 0.2) is 24.3 Å². The Morgan fingerprint density at radius 2 is 1.35 bits per heavy atom. The van der Waals surface area contributed by atoms with E-state index >= 15 is 0 Å². The van der Waals surface area contributed by atoms with Crippen LogP contribution in [-0.4, -0.2) is 23.9 Å². The molecule has 0 bridgehead atoms. The third-order valence-corrected chi connectivity index (χ3v) is 2.16. The molecule has 0 aromatic heterocycles. The van der Waals surface area contributed by atoms with Crippen LogP contribution in [0.1, 0.15) is 13.8 Å². The monoisotopic (exact) mass is 340 g/mol. The summed E-state index contributed by atoms with van der Waals surface area (Å²) in [4.78, 5) is 10.7. The summed E-state index contributed by atoms with van der Waals surface area (Å²) in [6.45, 7) is 2.59. The molecule has 0 aliphatic heterocycles. The van der Waals surface area contributed by atoms with E-state index in [1.54, 1.807) is 0 Å². The standard InChI is InChI=1S/C14H10F6O3/c1-12(2,8-7-11(21)13(15,16)17)22-9-3-5-10(6-4-9)23-14(18,19)20/h3-6H,1-2H3. The normalized spacial score (nSPS) is 12.2. The maximum atomic E-state index is 12.0. The number of rotatable bonds is 3. The molecule has 0 N–H and O–H groups in total. The topological polar surface area (TPSA) is 35.5 Å². The largest absolute Gasteiger partial charge is 0.573 e. The molecule has 0 unspecified atom stereocenters. The number of carbonyl (C=O) groups excluding carboxylic acids is 1. The summed E-state index contributed by atoms with van der Waals surface area (Å²) >= 11 is 0. The number of hydrogen-bond donors (Lipinski definition) is 0. The Morgan fingerprint density at radius 1 is 0.913 bits per heavy atom. The van der Waals surface area contributed by atoms with Crippen LogP contribution in [0.4, 0.5) is 26.3 Å². The van der Waals surface area contributed by atoms with Gasteiger partial charge in [-0.25, -0.2) is 0 Å². The van der Waals surface area contributed by atoms with Crippen molar-refractivity contribution in [3.05, 3.63) is 24.3 Å². The van der Waals surface area contributed by atoms with Crippen LogP contribution in [0, 0.1) is 11.8 Å². The lowest BCUT2D eigenvalue weighted by Crippen LogP contribution is -2.27. The van der Waals surface area contributed by atoms with E-state index < -0.39 is 29.7 Å². The smallest absolute Gasteiger partial charge is 0.475 e. The molecule has 126 valence electrons. The number of carbonyl (C=O) groups is 1. The fourth-order valence-electron chi connectivity index (χ4n) is 1.31. The molecular formula is C14H10F6O3. The molecule has 1 rings (SSSR count). The Morgan fingerprint density at radius 3 is 1.74 bits per heavy atom. The van der Waals surface area contributed by atoms with Gasteiger partial charge in [-0.15, -0.1) is 13.2 Å². The fraction of sp³-hybridized carbons (Fsp3) is 0.357. The molecule has 3 nitrogen and oxygen atoms in total. The fourth-order valence-corrected chi connectivity index (χ4v) is 1.31. The van der Waals surface area contributed by atoms with Crippen molar-refractivity contribution in [1.29, 1.82) is 0 Å². The molecule has 0 amide bonds. The highest BCUT2D eigenvalue weighted by Gasteiger charge is 2.37. The molecule has 23 heavy (non-hydrogen) atoms. The highest BCUT2D eigenvalue weighted by atomic mass is 19.4. The van der Waals surface area contributed by atoms with Gasteiger partial charge in [0, 0.05) is 0 Å². The Hall–Kier alpha value is -2.37. The van der Waals surface area contributed by atoms with Gasteiger partial charge in [-0.2, -0.15) is 13.2 Å². The van der Waals surface area contributed by atoms with Crippen LogP contribution >= 0.6 is 0 Å². The molecule has 0 fully saturated rings. The van der Waals surface area contributed by atoms with Gasteiger partial charge in [0.2, 0.25) is 0 Å². The van der Waals surface area contributed by atoms with E-state index in [0.29, 0.717) is 0 Å². The lowest BCUT2D eigenvalue weighted by Gasteiger charge is -2.20. The first-order chi connectivity index (χ1) is 10.3. The zero-order chi connectivity index (χ0) is 17.9. The lowest BCUT2D eigenvalue weighted by molar-refractivity contribution is -0.274. The van der Waals surface area contributed by atoms with E-state index in [9.17, 15) is 31.1 Å². The SMILES string of the molecule is CC(C)(C#CC(=O)C(F)(F)F)Oc1ccc(OC(F)(F)F)cc1. The third kappa shape index (κ3) is 6.95. The summed E-state index contributed by atoms with van der Waals surface area (Å²) in [5.41, 5.74) is -1.46. The van der Waals surface area contributed by atoms with Gasteiger partial charge in [0.1, 0.15) is 11.5 Å². The van der Waals surface area contributed by atoms with Crippen LogP contribution in [-0.2, 0) is 4.79 Å². The van der Waals surface area contributed by atoms with E-state index in [2.05, 4.69) is 4.74 Å². The van der Waals surface area contributed by atoms with Gasteiger partial charge in [-0.05, 0) is 50.0 Å². The Kier molecular flexibility index (Phi) is 5.20. The van der Waals surface area contributed by atoms with E-state index in [0.717, 1.165) is 24.3 Å². The summed E-state index contributed by atoms with van der Waals surface area (Å²) < 4.78 is 80.9. The van der Waals surface area contributed by atoms with Crippen molar-refractivity contribution >= 4 is 5.78 Å². The zero-order valence-electron chi connectivity index (χ0n) is 11.8. The summed E-state index contributed by atoms with van der Waals surface area (Å²) in [7, 11) is 0. The van der Waals surface area contributed by atoms with Crippen molar-refractivity contribution < 1.29 is 40.6 Å². The lowest BCUT2D eigenvalue weighted by atomic mass is 10.1. The van der Waals surface area contributed by atoms with Crippen LogP contribution < -0.4 is 9.47 Å². The van der Waals surface area contributed by atoms with Crippen LogP contribution in [0.3, 0.4) is 0 Å². The molecule has 0 aliphatic carbocycles. The summed E-state index contributed by atoms with van der Waals surface area (Å²) in [5, 5.41) is 0. The molecule has 0 radical (unpaired) electrons. The van der Waals surface area contributed by atoms with Crippen molar-refractivity contribution in [3.8, 4) is 23.3 Å². The summed E-state index contributed by atoms with van der Waals surface area (Å²) in [5.74, 6) is 0.762. The summed E-state index contributed by atoms with van der Waals surface area (Å²) in [6, 6.07) is 4.17. The van der Waals surface area contributed by atoms with E-state index in [4.69, 9.17) is 4.74 Å². The summed E-state index contributed by atoms with van der Waals surface area (Å²) in [6.07, 6.45) is -9.91. The molecular weight excluding hydrogens is 330 g/mol. The van der Waals surface area contributed by atoms with Gasteiger partial charge in [0.25, 0.3) is 0 Å². The maximum absolute atomic E-state index is 12.0. The van der Waals surface area contributed by atoms with E-state index in [-0.39, 0.29) is 5.75 Å². The maximum Gasteiger partial charge on any atom is 0.573 e. The van der Waals surface area contributed by atoms with Crippen molar-refractivity contribution in [2.24, 2.45) is 0 Å². The average molecular weight is 340 g/mol. The molecule has 0 saturated carbocycles. The number of Topliss-reactive ketones (excluding diaryl/α,β-unsaturated/α-hetero) is 1. The molecule has 9 heteroatoms. The van der Waals surface area contributed by atoms with Gasteiger partial charge in [0.05, 0.1) is 0 Å². The molecule has 0 spiro atoms. The highest BCUT2D eigenvalue weighted by Crippen LogP contribution is 2.26. The number of alkyl halides is 6. The molecule has 1 aromatic rings. The van der Waals surface area contributed by atoms with E-state index in [1.165, 1.54) is 19.8 Å². The molecule has 0 saturated heterocycles. The quantitative estimate of drug-likeness (QED) is 0.476. The number of ether oxygens (including phenoxy) is 2. The van der Waals surface area contributed by atoms with Gasteiger partial charge in [-0.1, -0.05) is 0 Å². The second kappa shape index (κ2) is 6.40. The van der Waals surface area contributed by atoms with Crippen LogP contribution in [0.2, 0.25) is 0 Å². The zero-order valence-corrected chi connectivity index (χ0v) is 11.8. The highest BCUT2D eigenvalue weighted by molar-refractivity contribution is 5.99. The Labute approximate surface area is 127 Å². The Bertz CT molecular complexity index is 617. The predicted molar refractivity (Wildman–Crippen MR) is 66.7 cm³/mol. The van der Waals surface area contributed by atoms with Gasteiger partial charge in [-0.3, -0.25) is 4.79 Å².